The minimum Gasteiger partial charge on any atom is -0.507 e. The number of carbonyl (C=O) groups excluding carboxylic acids is 2. The van der Waals surface area contributed by atoms with Crippen LogP contribution < -0.4 is 0 Å². The Hall–Kier alpha value is -2.70. The lowest BCUT2D eigenvalue weighted by atomic mass is 9.98. The minimum absolute atomic E-state index is 0.0517. The number of aliphatic hydroxyl groups is 1. The number of likely N-dealkylation sites (tertiary alicyclic amines) is 1. The van der Waals surface area contributed by atoms with Crippen molar-refractivity contribution in [2.45, 2.75) is 12.5 Å². The largest absolute Gasteiger partial charge is 0.507 e. The number of pyridine rings is 1. The average molecular weight is 400 g/mol. The summed E-state index contributed by atoms with van der Waals surface area (Å²) in [6.45, 7) is 1.16. The fourth-order valence-corrected chi connectivity index (χ4v) is 3.40. The Balaban J connectivity index is 2.06. The van der Waals surface area contributed by atoms with Gasteiger partial charge in [0.2, 0.25) is 0 Å². The predicted molar refractivity (Wildman–Crippen MR) is 108 cm³/mol. The number of rotatable bonds is 6. The molecule has 0 aliphatic carbocycles. The van der Waals surface area contributed by atoms with Gasteiger partial charge in [-0.2, -0.15) is 0 Å². The highest BCUT2D eigenvalue weighted by molar-refractivity contribution is 6.46. The Bertz CT molecular complexity index is 895. The van der Waals surface area contributed by atoms with E-state index in [2.05, 4.69) is 4.98 Å². The van der Waals surface area contributed by atoms with E-state index in [1.807, 2.05) is 19.0 Å². The number of aliphatic hydroxyl groups excluding tert-OH is 1. The molecule has 2 heterocycles. The third-order valence-electron chi connectivity index (χ3n) is 4.63. The van der Waals surface area contributed by atoms with E-state index >= 15 is 0 Å². The van der Waals surface area contributed by atoms with Gasteiger partial charge in [0.15, 0.2) is 0 Å². The zero-order valence-electron chi connectivity index (χ0n) is 15.8. The summed E-state index contributed by atoms with van der Waals surface area (Å²) in [5.74, 6) is -1.54. The first-order chi connectivity index (χ1) is 13.4. The van der Waals surface area contributed by atoms with Gasteiger partial charge in [-0.1, -0.05) is 17.7 Å². The van der Waals surface area contributed by atoms with Crippen LogP contribution in [-0.2, 0) is 9.59 Å². The topological polar surface area (TPSA) is 73.7 Å². The molecule has 1 aromatic heterocycles. The van der Waals surface area contributed by atoms with Crippen molar-refractivity contribution in [3.8, 4) is 0 Å². The molecule has 1 N–H and O–H groups in total. The van der Waals surface area contributed by atoms with Crippen molar-refractivity contribution < 1.29 is 14.7 Å². The number of hydrogen-bond donors (Lipinski definition) is 1. The smallest absolute Gasteiger partial charge is 0.295 e. The van der Waals surface area contributed by atoms with Crippen molar-refractivity contribution in [3.63, 3.8) is 0 Å². The van der Waals surface area contributed by atoms with Gasteiger partial charge >= 0.3 is 0 Å². The zero-order valence-corrected chi connectivity index (χ0v) is 16.6. The zero-order chi connectivity index (χ0) is 20.3. The number of aromatic nitrogens is 1. The number of carbonyl (C=O) groups is 2. The van der Waals surface area contributed by atoms with Crippen molar-refractivity contribution in [2.24, 2.45) is 0 Å². The van der Waals surface area contributed by atoms with Crippen LogP contribution in [0.15, 0.2) is 54.2 Å². The molecule has 1 fully saturated rings. The Kier molecular flexibility index (Phi) is 6.11. The lowest BCUT2D eigenvalue weighted by Crippen LogP contribution is -2.32. The standard InChI is InChI=1S/C21H22ClN3O3/c1-24(2)12-5-13-25-18(16-6-3-4-11-23-16)17(20(27)21(25)28)19(26)14-7-9-15(22)10-8-14/h3-4,6-11,18,26H,5,12-13H2,1-2H3/b19-17+/t18-/m0/s1. The molecule has 0 spiro atoms. The lowest BCUT2D eigenvalue weighted by Gasteiger charge is -2.25. The van der Waals surface area contributed by atoms with E-state index in [-0.39, 0.29) is 11.3 Å². The van der Waals surface area contributed by atoms with Gasteiger partial charge in [0, 0.05) is 23.3 Å². The first kappa shape index (κ1) is 20.0. The normalized spacial score (nSPS) is 18.9. The number of Topliss-reactive ketones (excluding diaryl/α,β-unsaturated/α-hetero) is 1. The quantitative estimate of drug-likeness (QED) is 0.459. The third kappa shape index (κ3) is 4.08. The minimum atomic E-state index is -0.723. The van der Waals surface area contributed by atoms with Gasteiger partial charge < -0.3 is 14.9 Å². The van der Waals surface area contributed by atoms with Crippen LogP contribution in [0.25, 0.3) is 5.76 Å². The van der Waals surface area contributed by atoms with Crippen molar-refractivity contribution in [3.05, 3.63) is 70.5 Å². The van der Waals surface area contributed by atoms with Gasteiger partial charge in [0.25, 0.3) is 11.7 Å². The summed E-state index contributed by atoms with van der Waals surface area (Å²) in [7, 11) is 3.90. The molecule has 1 aromatic carbocycles. The van der Waals surface area contributed by atoms with Gasteiger partial charge in [-0.05, 0) is 63.5 Å². The van der Waals surface area contributed by atoms with E-state index < -0.39 is 17.7 Å². The van der Waals surface area contributed by atoms with Crippen LogP contribution in [0, 0.1) is 0 Å². The number of amides is 1. The highest BCUT2D eigenvalue weighted by Crippen LogP contribution is 2.38. The Morgan fingerprint density at radius 3 is 2.50 bits per heavy atom. The molecule has 1 aliphatic heterocycles. The van der Waals surface area contributed by atoms with E-state index in [4.69, 9.17) is 11.6 Å². The molecule has 6 nitrogen and oxygen atoms in total. The van der Waals surface area contributed by atoms with Crippen LogP contribution >= 0.6 is 11.6 Å². The van der Waals surface area contributed by atoms with Gasteiger partial charge in [0.1, 0.15) is 11.8 Å². The highest BCUT2D eigenvalue weighted by atomic mass is 35.5. The summed E-state index contributed by atoms with van der Waals surface area (Å²) in [6.07, 6.45) is 2.31. The molecule has 1 aliphatic rings. The molecule has 3 rings (SSSR count). The first-order valence-electron chi connectivity index (χ1n) is 9.00. The molecular formula is C21H22ClN3O3. The maximum absolute atomic E-state index is 12.8. The van der Waals surface area contributed by atoms with Gasteiger partial charge in [0.05, 0.1) is 11.3 Å². The Labute approximate surface area is 169 Å². The maximum atomic E-state index is 12.8. The van der Waals surface area contributed by atoms with Crippen LogP contribution in [0.2, 0.25) is 5.02 Å². The third-order valence-corrected chi connectivity index (χ3v) is 4.88. The molecule has 2 aromatic rings. The number of nitrogens with zero attached hydrogens (tertiary/aromatic N) is 3. The van der Waals surface area contributed by atoms with Crippen LogP contribution in [0.5, 0.6) is 0 Å². The van der Waals surface area contributed by atoms with Crippen molar-refractivity contribution in [1.82, 2.24) is 14.8 Å². The summed E-state index contributed by atoms with van der Waals surface area (Å²) in [5.41, 5.74) is 1.02. The second-order valence-electron chi connectivity index (χ2n) is 6.91. The maximum Gasteiger partial charge on any atom is 0.295 e. The fourth-order valence-electron chi connectivity index (χ4n) is 3.28. The molecule has 1 amide bonds. The molecule has 1 saturated heterocycles. The molecule has 7 heteroatoms. The summed E-state index contributed by atoms with van der Waals surface area (Å²) < 4.78 is 0. The number of benzene rings is 1. The fraction of sp³-hybridized carbons (Fsp3) is 0.286. The number of ketones is 1. The Morgan fingerprint density at radius 1 is 1.18 bits per heavy atom. The monoisotopic (exact) mass is 399 g/mol. The Morgan fingerprint density at radius 2 is 1.89 bits per heavy atom. The number of hydrogen-bond acceptors (Lipinski definition) is 5. The van der Waals surface area contributed by atoms with Gasteiger partial charge in [-0.3, -0.25) is 14.6 Å². The van der Waals surface area contributed by atoms with Gasteiger partial charge in [-0.25, -0.2) is 0 Å². The summed E-state index contributed by atoms with van der Waals surface area (Å²) in [4.78, 5) is 33.4. The molecule has 146 valence electrons. The molecule has 0 unspecified atom stereocenters. The number of halogens is 1. The molecule has 0 saturated carbocycles. The van der Waals surface area contributed by atoms with Crippen molar-refractivity contribution >= 4 is 29.1 Å². The summed E-state index contributed by atoms with van der Waals surface area (Å²) in [6, 6.07) is 11.1. The first-order valence-corrected chi connectivity index (χ1v) is 9.38. The summed E-state index contributed by atoms with van der Waals surface area (Å²) in [5, 5.41) is 11.4. The summed E-state index contributed by atoms with van der Waals surface area (Å²) >= 11 is 5.92. The van der Waals surface area contributed by atoms with E-state index in [9.17, 15) is 14.7 Å². The van der Waals surface area contributed by atoms with Crippen LogP contribution in [0.1, 0.15) is 23.7 Å². The second kappa shape index (κ2) is 8.54. The van der Waals surface area contributed by atoms with Crippen LogP contribution in [0.4, 0.5) is 0 Å². The van der Waals surface area contributed by atoms with E-state index in [1.165, 1.54) is 4.90 Å². The van der Waals surface area contributed by atoms with Gasteiger partial charge in [-0.15, -0.1) is 0 Å². The molecular weight excluding hydrogens is 378 g/mol. The van der Waals surface area contributed by atoms with Crippen molar-refractivity contribution in [1.29, 1.82) is 0 Å². The van der Waals surface area contributed by atoms with Crippen molar-refractivity contribution in [2.75, 3.05) is 27.2 Å². The van der Waals surface area contributed by atoms with E-state index in [0.717, 1.165) is 6.54 Å². The SMILES string of the molecule is CN(C)CCCN1C(=O)C(=O)/C(=C(/O)c2ccc(Cl)cc2)[C@@H]1c1ccccn1. The molecule has 0 bridgehead atoms. The predicted octanol–water partition coefficient (Wildman–Crippen LogP) is 3.11. The second-order valence-corrected chi connectivity index (χ2v) is 7.35. The van der Waals surface area contributed by atoms with E-state index in [0.29, 0.717) is 29.2 Å². The molecule has 0 radical (unpaired) electrons. The van der Waals surface area contributed by atoms with Crippen LogP contribution in [-0.4, -0.2) is 58.8 Å². The molecule has 1 atom stereocenters. The van der Waals surface area contributed by atoms with E-state index in [1.54, 1.807) is 48.7 Å². The average Bonchev–Trinajstić information content (AvgIpc) is 2.93. The lowest BCUT2D eigenvalue weighted by molar-refractivity contribution is -0.140. The highest BCUT2D eigenvalue weighted by Gasteiger charge is 2.46. The van der Waals surface area contributed by atoms with Crippen LogP contribution in [0.3, 0.4) is 0 Å². The molecule has 28 heavy (non-hydrogen) atoms.